The highest BCUT2D eigenvalue weighted by Gasteiger charge is 2.26. The van der Waals surface area contributed by atoms with E-state index in [0.717, 1.165) is 36.4 Å². The van der Waals surface area contributed by atoms with Gasteiger partial charge in [0.2, 0.25) is 0 Å². The molecule has 0 aromatic carbocycles. The number of nitrogens with zero attached hydrogens (tertiary/aromatic N) is 8. The number of piperidine rings is 1. The summed E-state index contributed by atoms with van der Waals surface area (Å²) in [5, 5.41) is 9.56. The van der Waals surface area contributed by atoms with E-state index in [4.69, 9.17) is 0 Å². The van der Waals surface area contributed by atoms with Gasteiger partial charge in [-0.3, -0.25) is 9.36 Å². The lowest BCUT2D eigenvalue weighted by Crippen LogP contribution is -2.43. The minimum Gasteiger partial charge on any atom is -0.351 e. The Morgan fingerprint density at radius 2 is 2.14 bits per heavy atom. The summed E-state index contributed by atoms with van der Waals surface area (Å²) in [5.74, 6) is 0.975. The van der Waals surface area contributed by atoms with Crippen LogP contribution in [0.2, 0.25) is 0 Å². The van der Waals surface area contributed by atoms with Crippen molar-refractivity contribution in [1.82, 2.24) is 34.5 Å². The molecular formula is C14H18N8. The average Bonchev–Trinajstić information content (AvgIpc) is 3.18. The standard InChI is InChI=1S/C14H18N8/c1-20-13-12(6-18-20)14(17-9-16-13)22-5-3-2-4-11(22)7-21-10-15-8-19-21/h6,8-11H,2-5,7H2,1H3/t11-/m0/s1. The highest BCUT2D eigenvalue weighted by molar-refractivity contribution is 5.86. The fourth-order valence-electron chi connectivity index (χ4n) is 3.19. The van der Waals surface area contributed by atoms with Gasteiger partial charge in [0.15, 0.2) is 5.65 Å². The van der Waals surface area contributed by atoms with E-state index in [1.165, 1.54) is 12.8 Å². The third kappa shape index (κ3) is 2.20. The van der Waals surface area contributed by atoms with Crippen LogP contribution in [0.3, 0.4) is 0 Å². The van der Waals surface area contributed by atoms with Gasteiger partial charge in [0.05, 0.1) is 24.2 Å². The molecule has 1 fully saturated rings. The Balaban J connectivity index is 1.71. The van der Waals surface area contributed by atoms with Crippen molar-refractivity contribution in [3.8, 4) is 0 Å². The first-order chi connectivity index (χ1) is 10.8. The highest BCUT2D eigenvalue weighted by Crippen LogP contribution is 2.29. The summed E-state index contributed by atoms with van der Waals surface area (Å²) in [4.78, 5) is 15.3. The summed E-state index contributed by atoms with van der Waals surface area (Å²) in [5.41, 5.74) is 0.870. The zero-order valence-corrected chi connectivity index (χ0v) is 12.5. The molecule has 0 saturated carbocycles. The van der Waals surface area contributed by atoms with Gasteiger partial charge in [0, 0.05) is 13.6 Å². The Kier molecular flexibility index (Phi) is 3.21. The van der Waals surface area contributed by atoms with Gasteiger partial charge in [-0.2, -0.15) is 10.2 Å². The van der Waals surface area contributed by atoms with Crippen molar-refractivity contribution in [3.05, 3.63) is 25.2 Å². The molecule has 0 unspecified atom stereocenters. The molecule has 3 aromatic heterocycles. The molecule has 0 bridgehead atoms. The lowest BCUT2D eigenvalue weighted by molar-refractivity contribution is 0.397. The number of anilines is 1. The maximum absolute atomic E-state index is 4.54. The molecule has 1 saturated heterocycles. The zero-order chi connectivity index (χ0) is 14.9. The Labute approximate surface area is 127 Å². The van der Waals surface area contributed by atoms with Crippen LogP contribution in [0.15, 0.2) is 25.2 Å². The van der Waals surface area contributed by atoms with Crippen LogP contribution in [0.1, 0.15) is 19.3 Å². The largest absolute Gasteiger partial charge is 0.351 e. The van der Waals surface area contributed by atoms with Gasteiger partial charge in [0.1, 0.15) is 24.8 Å². The van der Waals surface area contributed by atoms with Crippen LogP contribution in [-0.4, -0.2) is 47.1 Å². The second-order valence-electron chi connectivity index (χ2n) is 5.66. The number of aromatic nitrogens is 7. The predicted octanol–water partition coefficient (Wildman–Crippen LogP) is 1.01. The van der Waals surface area contributed by atoms with Gasteiger partial charge in [-0.05, 0) is 19.3 Å². The number of aryl methyl sites for hydroxylation is 1. The van der Waals surface area contributed by atoms with Crippen LogP contribution in [0, 0.1) is 0 Å². The predicted molar refractivity (Wildman–Crippen MR) is 81.3 cm³/mol. The number of hydrogen-bond donors (Lipinski definition) is 0. The minimum atomic E-state index is 0.369. The van der Waals surface area contributed by atoms with Crippen molar-refractivity contribution in [2.75, 3.05) is 11.4 Å². The first-order valence-electron chi connectivity index (χ1n) is 7.54. The maximum Gasteiger partial charge on any atom is 0.163 e. The third-order valence-corrected chi connectivity index (χ3v) is 4.27. The Morgan fingerprint density at radius 3 is 3.00 bits per heavy atom. The Morgan fingerprint density at radius 1 is 1.18 bits per heavy atom. The second kappa shape index (κ2) is 5.36. The van der Waals surface area contributed by atoms with Crippen molar-refractivity contribution in [2.24, 2.45) is 7.05 Å². The van der Waals surface area contributed by atoms with Crippen molar-refractivity contribution >= 4 is 16.9 Å². The van der Waals surface area contributed by atoms with Crippen molar-refractivity contribution in [2.45, 2.75) is 31.8 Å². The normalized spacial score (nSPS) is 19.0. The lowest BCUT2D eigenvalue weighted by atomic mass is 10.0. The molecule has 1 aliphatic rings. The summed E-state index contributed by atoms with van der Waals surface area (Å²) in [7, 11) is 1.90. The van der Waals surface area contributed by atoms with Crippen LogP contribution < -0.4 is 4.90 Å². The Hall–Kier alpha value is -2.51. The molecule has 1 aliphatic heterocycles. The van der Waals surface area contributed by atoms with E-state index in [0.29, 0.717) is 6.04 Å². The van der Waals surface area contributed by atoms with Gasteiger partial charge < -0.3 is 4.90 Å². The van der Waals surface area contributed by atoms with Gasteiger partial charge in [-0.1, -0.05) is 0 Å². The van der Waals surface area contributed by atoms with E-state index in [1.807, 2.05) is 17.9 Å². The molecule has 22 heavy (non-hydrogen) atoms. The van der Waals surface area contributed by atoms with Crippen LogP contribution in [-0.2, 0) is 13.6 Å². The second-order valence-corrected chi connectivity index (χ2v) is 5.66. The maximum atomic E-state index is 4.54. The van der Waals surface area contributed by atoms with Crippen LogP contribution in [0.25, 0.3) is 11.0 Å². The number of hydrogen-bond acceptors (Lipinski definition) is 6. The molecule has 8 heteroatoms. The first-order valence-corrected chi connectivity index (χ1v) is 7.54. The van der Waals surface area contributed by atoms with E-state index in [2.05, 4.69) is 30.0 Å². The molecule has 0 radical (unpaired) electrons. The molecule has 0 spiro atoms. The fourth-order valence-corrected chi connectivity index (χ4v) is 3.19. The monoisotopic (exact) mass is 298 g/mol. The molecule has 0 amide bonds. The van der Waals surface area contributed by atoms with Crippen molar-refractivity contribution in [3.63, 3.8) is 0 Å². The van der Waals surface area contributed by atoms with Crippen molar-refractivity contribution < 1.29 is 0 Å². The lowest BCUT2D eigenvalue weighted by Gasteiger charge is -2.36. The van der Waals surface area contributed by atoms with E-state index >= 15 is 0 Å². The van der Waals surface area contributed by atoms with E-state index in [9.17, 15) is 0 Å². The first kappa shape index (κ1) is 13.2. The molecule has 3 aromatic rings. The molecule has 1 atom stereocenters. The van der Waals surface area contributed by atoms with Crippen LogP contribution in [0.5, 0.6) is 0 Å². The molecule has 8 nitrogen and oxygen atoms in total. The smallest absolute Gasteiger partial charge is 0.163 e. The SMILES string of the molecule is Cn1ncc2c(N3CCCC[C@H]3Cn3cncn3)ncnc21. The zero-order valence-electron chi connectivity index (χ0n) is 12.5. The summed E-state index contributed by atoms with van der Waals surface area (Å²) >= 11 is 0. The van der Waals surface area contributed by atoms with Crippen LogP contribution in [0.4, 0.5) is 5.82 Å². The van der Waals surface area contributed by atoms with Gasteiger partial charge >= 0.3 is 0 Å². The third-order valence-electron chi connectivity index (χ3n) is 4.27. The van der Waals surface area contributed by atoms with E-state index in [-0.39, 0.29) is 0 Å². The highest BCUT2D eigenvalue weighted by atomic mass is 15.3. The molecular weight excluding hydrogens is 280 g/mol. The van der Waals surface area contributed by atoms with Crippen LogP contribution >= 0.6 is 0 Å². The molecule has 4 rings (SSSR count). The summed E-state index contributed by atoms with van der Waals surface area (Å²) < 4.78 is 3.68. The molecule has 4 heterocycles. The summed E-state index contributed by atoms with van der Waals surface area (Å²) in [6.45, 7) is 1.83. The average molecular weight is 298 g/mol. The topological polar surface area (TPSA) is 77.5 Å². The summed E-state index contributed by atoms with van der Waals surface area (Å²) in [6, 6.07) is 0.369. The number of fused-ring (bicyclic) bond motifs is 1. The fraction of sp³-hybridized carbons (Fsp3) is 0.500. The van der Waals surface area contributed by atoms with E-state index < -0.39 is 0 Å². The van der Waals surface area contributed by atoms with Gasteiger partial charge in [0.25, 0.3) is 0 Å². The van der Waals surface area contributed by atoms with Crippen molar-refractivity contribution in [1.29, 1.82) is 0 Å². The summed E-state index contributed by atoms with van der Waals surface area (Å²) in [6.07, 6.45) is 10.4. The minimum absolute atomic E-state index is 0.369. The molecule has 0 N–H and O–H groups in total. The van der Waals surface area contributed by atoms with Gasteiger partial charge in [-0.25, -0.2) is 15.0 Å². The molecule has 114 valence electrons. The number of rotatable bonds is 3. The Bertz CT molecular complexity index is 762. The van der Waals surface area contributed by atoms with Gasteiger partial charge in [-0.15, -0.1) is 0 Å². The quantitative estimate of drug-likeness (QED) is 0.718. The molecule has 0 aliphatic carbocycles. The van der Waals surface area contributed by atoms with E-state index in [1.54, 1.807) is 23.7 Å².